The zero-order chi connectivity index (χ0) is 12.5. The number of methoxy groups -OCH3 is 1. The quantitative estimate of drug-likeness (QED) is 0.681. The van der Waals surface area contributed by atoms with Crippen LogP contribution in [0, 0.1) is 0 Å². The van der Waals surface area contributed by atoms with Crippen LogP contribution in [0.5, 0.6) is 0 Å². The van der Waals surface area contributed by atoms with Crippen molar-refractivity contribution in [1.29, 1.82) is 0 Å². The third-order valence-electron chi connectivity index (χ3n) is 2.55. The van der Waals surface area contributed by atoms with Crippen molar-refractivity contribution in [2.75, 3.05) is 27.3 Å². The van der Waals surface area contributed by atoms with Crippen LogP contribution in [0.4, 0.5) is 0 Å². The summed E-state index contributed by atoms with van der Waals surface area (Å²) in [5.41, 5.74) is 1.15. The van der Waals surface area contributed by atoms with Gasteiger partial charge < -0.3 is 15.4 Å². The smallest absolute Gasteiger partial charge is 0.237 e. The average Bonchev–Trinajstić information content (AvgIpc) is 2.37. The minimum absolute atomic E-state index is 0.00778. The average molecular weight is 236 g/mol. The first-order valence-corrected chi connectivity index (χ1v) is 5.75. The molecule has 1 atom stereocenters. The molecule has 0 unspecified atom stereocenters. The number of nitrogens with one attached hydrogen (secondary N) is 2. The highest BCUT2D eigenvalue weighted by atomic mass is 16.5. The molecule has 1 amide bonds. The fourth-order valence-electron chi connectivity index (χ4n) is 1.58. The van der Waals surface area contributed by atoms with Gasteiger partial charge in [-0.2, -0.15) is 0 Å². The predicted octanol–water partition coefficient (Wildman–Crippen LogP) is 0.580. The van der Waals surface area contributed by atoms with E-state index < -0.39 is 0 Å². The Morgan fingerprint density at radius 3 is 2.65 bits per heavy atom. The van der Waals surface area contributed by atoms with E-state index in [-0.39, 0.29) is 11.9 Å². The monoisotopic (exact) mass is 236 g/mol. The van der Waals surface area contributed by atoms with E-state index in [2.05, 4.69) is 10.6 Å². The van der Waals surface area contributed by atoms with Crippen LogP contribution >= 0.6 is 0 Å². The molecule has 1 aromatic carbocycles. The van der Waals surface area contributed by atoms with E-state index in [1.165, 1.54) is 0 Å². The van der Waals surface area contributed by atoms with Gasteiger partial charge in [0.05, 0.1) is 12.6 Å². The van der Waals surface area contributed by atoms with Crippen molar-refractivity contribution < 1.29 is 9.53 Å². The second kappa shape index (κ2) is 7.81. The Balaban J connectivity index is 2.45. The van der Waals surface area contributed by atoms with E-state index in [1.54, 1.807) is 14.2 Å². The third-order valence-corrected chi connectivity index (χ3v) is 2.55. The minimum atomic E-state index is -0.200. The lowest BCUT2D eigenvalue weighted by Gasteiger charge is -2.15. The number of likely N-dealkylation sites (N-methyl/N-ethyl adjacent to an activating group) is 1. The normalized spacial score (nSPS) is 12.1. The molecule has 0 saturated carbocycles. The maximum atomic E-state index is 11.8. The number of hydrogen-bond donors (Lipinski definition) is 2. The molecular weight excluding hydrogens is 216 g/mol. The molecule has 0 aliphatic heterocycles. The van der Waals surface area contributed by atoms with E-state index in [1.807, 2.05) is 30.3 Å². The molecule has 17 heavy (non-hydrogen) atoms. The Hall–Kier alpha value is -1.39. The largest absolute Gasteiger partial charge is 0.383 e. The molecule has 0 radical (unpaired) electrons. The zero-order valence-corrected chi connectivity index (χ0v) is 10.4. The topological polar surface area (TPSA) is 50.4 Å². The standard InChI is InChI=1S/C13H20N2O2/c1-14-12(13(16)15-8-9-17-2)10-11-6-4-3-5-7-11/h3-7,12,14H,8-10H2,1-2H3,(H,15,16)/t12-/m0/s1. The second-order valence-electron chi connectivity index (χ2n) is 3.81. The van der Waals surface area contributed by atoms with Gasteiger partial charge >= 0.3 is 0 Å². The summed E-state index contributed by atoms with van der Waals surface area (Å²) in [4.78, 5) is 11.8. The molecule has 4 nitrogen and oxygen atoms in total. The van der Waals surface area contributed by atoms with Gasteiger partial charge in [-0.3, -0.25) is 4.79 Å². The predicted molar refractivity (Wildman–Crippen MR) is 67.9 cm³/mol. The van der Waals surface area contributed by atoms with E-state index >= 15 is 0 Å². The maximum Gasteiger partial charge on any atom is 0.237 e. The maximum absolute atomic E-state index is 11.8. The summed E-state index contributed by atoms with van der Waals surface area (Å²) in [6, 6.07) is 9.76. The number of amides is 1. The fourth-order valence-corrected chi connectivity index (χ4v) is 1.58. The van der Waals surface area contributed by atoms with Crippen LogP contribution in [0.15, 0.2) is 30.3 Å². The Labute approximate surface area is 102 Å². The molecule has 1 rings (SSSR count). The highest BCUT2D eigenvalue weighted by Gasteiger charge is 2.15. The molecule has 0 aliphatic rings. The lowest BCUT2D eigenvalue weighted by Crippen LogP contribution is -2.44. The molecule has 1 aromatic rings. The summed E-state index contributed by atoms with van der Waals surface area (Å²) < 4.78 is 4.89. The van der Waals surface area contributed by atoms with Crippen LogP contribution in [0.25, 0.3) is 0 Å². The van der Waals surface area contributed by atoms with Crippen LogP contribution in [0.1, 0.15) is 5.56 Å². The number of rotatable bonds is 7. The first-order chi connectivity index (χ1) is 8.27. The number of benzene rings is 1. The van der Waals surface area contributed by atoms with Crippen molar-refractivity contribution in [2.45, 2.75) is 12.5 Å². The van der Waals surface area contributed by atoms with E-state index in [9.17, 15) is 4.79 Å². The van der Waals surface area contributed by atoms with Gasteiger partial charge in [0.2, 0.25) is 5.91 Å². The van der Waals surface area contributed by atoms with Crippen molar-refractivity contribution in [3.05, 3.63) is 35.9 Å². The lowest BCUT2D eigenvalue weighted by atomic mass is 10.1. The summed E-state index contributed by atoms with van der Waals surface area (Å²) >= 11 is 0. The van der Waals surface area contributed by atoms with E-state index in [4.69, 9.17) is 4.74 Å². The van der Waals surface area contributed by atoms with Crippen LogP contribution in [-0.2, 0) is 16.0 Å². The van der Waals surface area contributed by atoms with Gasteiger partial charge in [-0.05, 0) is 19.0 Å². The zero-order valence-electron chi connectivity index (χ0n) is 10.4. The fraction of sp³-hybridized carbons (Fsp3) is 0.462. The van der Waals surface area contributed by atoms with Gasteiger partial charge in [-0.25, -0.2) is 0 Å². The number of carbonyl (C=O) groups is 1. The first-order valence-electron chi connectivity index (χ1n) is 5.75. The Morgan fingerprint density at radius 1 is 1.35 bits per heavy atom. The van der Waals surface area contributed by atoms with Gasteiger partial charge in [0.15, 0.2) is 0 Å². The van der Waals surface area contributed by atoms with Gasteiger partial charge in [-0.15, -0.1) is 0 Å². The summed E-state index contributed by atoms with van der Waals surface area (Å²) in [7, 11) is 3.41. The molecule has 0 heterocycles. The highest BCUT2D eigenvalue weighted by molar-refractivity contribution is 5.82. The summed E-state index contributed by atoms with van der Waals surface area (Å²) in [5, 5.41) is 5.85. The Kier molecular flexibility index (Phi) is 6.29. The summed E-state index contributed by atoms with van der Waals surface area (Å²) in [6.45, 7) is 1.08. The molecule has 2 N–H and O–H groups in total. The van der Waals surface area contributed by atoms with E-state index in [0.29, 0.717) is 19.6 Å². The van der Waals surface area contributed by atoms with E-state index in [0.717, 1.165) is 5.56 Å². The summed E-state index contributed by atoms with van der Waals surface area (Å²) in [6.07, 6.45) is 0.691. The first kappa shape index (κ1) is 13.7. The number of hydrogen-bond acceptors (Lipinski definition) is 3. The van der Waals surface area contributed by atoms with Crippen molar-refractivity contribution >= 4 is 5.91 Å². The summed E-state index contributed by atoms with van der Waals surface area (Å²) in [5.74, 6) is 0.00778. The van der Waals surface area contributed by atoms with Gasteiger partial charge in [0.25, 0.3) is 0 Å². The SMILES string of the molecule is CN[C@@H](Cc1ccccc1)C(=O)NCCOC. The Morgan fingerprint density at radius 2 is 2.06 bits per heavy atom. The highest BCUT2D eigenvalue weighted by Crippen LogP contribution is 2.02. The van der Waals surface area contributed by atoms with Crippen molar-refractivity contribution in [3.8, 4) is 0 Å². The molecule has 0 bridgehead atoms. The molecule has 0 saturated heterocycles. The number of ether oxygens (including phenoxy) is 1. The van der Waals surface area contributed by atoms with Crippen LogP contribution in [0.2, 0.25) is 0 Å². The molecule has 0 spiro atoms. The number of carbonyl (C=O) groups excluding carboxylic acids is 1. The van der Waals surface area contributed by atoms with Crippen LogP contribution in [0.3, 0.4) is 0 Å². The molecular formula is C13H20N2O2. The molecule has 4 heteroatoms. The molecule has 94 valence electrons. The van der Waals surface area contributed by atoms with Gasteiger partial charge in [0.1, 0.15) is 0 Å². The van der Waals surface area contributed by atoms with Crippen LogP contribution in [-0.4, -0.2) is 39.3 Å². The Bertz CT molecular complexity index is 327. The third kappa shape index (κ3) is 4.97. The van der Waals surface area contributed by atoms with Crippen molar-refractivity contribution in [1.82, 2.24) is 10.6 Å². The molecule has 0 fully saturated rings. The van der Waals surface area contributed by atoms with Gasteiger partial charge in [0, 0.05) is 13.7 Å². The minimum Gasteiger partial charge on any atom is -0.383 e. The molecule has 0 aromatic heterocycles. The second-order valence-corrected chi connectivity index (χ2v) is 3.81. The van der Waals surface area contributed by atoms with Crippen molar-refractivity contribution in [2.24, 2.45) is 0 Å². The lowest BCUT2D eigenvalue weighted by molar-refractivity contribution is -0.123. The van der Waals surface area contributed by atoms with Crippen molar-refractivity contribution in [3.63, 3.8) is 0 Å². The van der Waals surface area contributed by atoms with Crippen LogP contribution < -0.4 is 10.6 Å². The van der Waals surface area contributed by atoms with Gasteiger partial charge in [-0.1, -0.05) is 30.3 Å². The molecule has 0 aliphatic carbocycles.